The van der Waals surface area contributed by atoms with Crippen molar-refractivity contribution in [3.05, 3.63) is 24.3 Å². The van der Waals surface area contributed by atoms with E-state index in [0.717, 1.165) is 52.9 Å². The van der Waals surface area contributed by atoms with Gasteiger partial charge in [0.1, 0.15) is 5.92 Å². The van der Waals surface area contributed by atoms with Crippen molar-refractivity contribution in [2.75, 3.05) is 5.01 Å². The van der Waals surface area contributed by atoms with Crippen LogP contribution in [-0.4, -0.2) is 35.0 Å². The van der Waals surface area contributed by atoms with Crippen molar-refractivity contribution in [1.82, 2.24) is 4.98 Å². The average molecular weight is 380 g/mol. The first-order valence-electron chi connectivity index (χ1n) is 8.32. The van der Waals surface area contributed by atoms with Gasteiger partial charge in [0.25, 0.3) is 5.91 Å². The number of carbonyl (C=O) groups is 1. The molecule has 0 spiro atoms. The van der Waals surface area contributed by atoms with Crippen LogP contribution in [0.1, 0.15) is 25.7 Å². The van der Waals surface area contributed by atoms with E-state index in [2.05, 4.69) is 15.1 Å². The lowest BCUT2D eigenvalue weighted by Gasteiger charge is -2.10. The molecule has 2 aliphatic rings. The van der Waals surface area contributed by atoms with Crippen LogP contribution in [0.25, 0.3) is 10.2 Å². The minimum atomic E-state index is -4.70. The molecule has 1 amide bonds. The van der Waals surface area contributed by atoms with E-state index in [9.17, 15) is 18.0 Å². The lowest BCUT2D eigenvalue weighted by Crippen LogP contribution is -2.34. The van der Waals surface area contributed by atoms with Gasteiger partial charge < -0.3 is 0 Å². The number of hydrazone groups is 1. The maximum Gasteiger partial charge on any atom is 0.432 e. The highest BCUT2D eigenvalue weighted by Gasteiger charge is 2.50. The van der Waals surface area contributed by atoms with Crippen molar-refractivity contribution in [2.45, 2.75) is 37.9 Å². The number of rotatable bonds is 3. The van der Waals surface area contributed by atoms with Gasteiger partial charge in [-0.3, -0.25) is 9.79 Å². The first-order valence-corrected chi connectivity index (χ1v) is 9.13. The number of anilines is 1. The molecule has 1 fully saturated rings. The average Bonchev–Trinajstić information content (AvgIpc) is 3.30. The summed E-state index contributed by atoms with van der Waals surface area (Å²) in [7, 11) is 0. The number of halogens is 3. The van der Waals surface area contributed by atoms with Gasteiger partial charge in [-0.05, 0) is 25.0 Å². The predicted octanol–water partition coefficient (Wildman–Crippen LogP) is 4.19. The Balaban J connectivity index is 1.67. The minimum absolute atomic E-state index is 0.00576. The van der Waals surface area contributed by atoms with Gasteiger partial charge in [0.05, 0.1) is 10.2 Å². The van der Waals surface area contributed by atoms with Gasteiger partial charge in [-0.25, -0.2) is 4.98 Å². The first-order chi connectivity index (χ1) is 12.4. The Morgan fingerprint density at radius 1 is 1.23 bits per heavy atom. The highest BCUT2D eigenvalue weighted by molar-refractivity contribution is 7.22. The third kappa shape index (κ3) is 3.11. The van der Waals surface area contributed by atoms with E-state index in [1.807, 2.05) is 0 Å². The van der Waals surface area contributed by atoms with Crippen LogP contribution in [-0.2, 0) is 4.79 Å². The number of hydrogen-bond acceptors (Lipinski definition) is 5. The highest BCUT2D eigenvalue weighted by atomic mass is 32.1. The summed E-state index contributed by atoms with van der Waals surface area (Å²) in [4.78, 5) is 21.1. The molecule has 26 heavy (non-hydrogen) atoms. The maximum absolute atomic E-state index is 13.4. The Morgan fingerprint density at radius 2 is 1.96 bits per heavy atom. The van der Waals surface area contributed by atoms with Gasteiger partial charge in [-0.1, -0.05) is 36.3 Å². The molecule has 1 saturated carbocycles. The molecule has 1 atom stereocenters. The number of carbonyl (C=O) groups excluding carboxylic acids is 1. The molecule has 1 aromatic carbocycles. The van der Waals surface area contributed by atoms with Crippen molar-refractivity contribution in [1.29, 1.82) is 0 Å². The van der Waals surface area contributed by atoms with Gasteiger partial charge in [0, 0.05) is 12.3 Å². The third-order valence-electron chi connectivity index (χ3n) is 4.50. The monoisotopic (exact) mass is 380 g/mol. The van der Waals surface area contributed by atoms with Crippen LogP contribution in [0.3, 0.4) is 0 Å². The number of nitrogens with zero attached hydrogens (tertiary/aromatic N) is 4. The molecule has 2 heterocycles. The van der Waals surface area contributed by atoms with Gasteiger partial charge in [0.15, 0.2) is 5.71 Å². The number of fused-ring (bicyclic) bond motifs is 1. The number of amides is 1. The number of thiazole rings is 1. The minimum Gasteiger partial charge on any atom is -0.293 e. The van der Waals surface area contributed by atoms with Crippen LogP contribution in [0.4, 0.5) is 18.3 Å². The smallest absolute Gasteiger partial charge is 0.293 e. The lowest BCUT2D eigenvalue weighted by atomic mass is 10.0. The molecule has 1 aliphatic heterocycles. The second kappa shape index (κ2) is 6.46. The summed E-state index contributed by atoms with van der Waals surface area (Å²) in [6.07, 6.45) is 0.137. The van der Waals surface area contributed by atoms with E-state index in [4.69, 9.17) is 0 Å². The van der Waals surface area contributed by atoms with Gasteiger partial charge in [-0.15, -0.1) is 0 Å². The Hall–Kier alpha value is -2.29. The molecule has 5 nitrogen and oxygen atoms in total. The maximum atomic E-state index is 13.4. The summed E-state index contributed by atoms with van der Waals surface area (Å²) in [6.45, 7) is 0. The Bertz CT molecular complexity index is 866. The van der Waals surface area contributed by atoms with Gasteiger partial charge in [-0.2, -0.15) is 23.3 Å². The number of alkyl halides is 3. The molecule has 2 aromatic rings. The summed E-state index contributed by atoms with van der Waals surface area (Å²) in [5.41, 5.74) is -0.518. The van der Waals surface area contributed by atoms with Crippen LogP contribution >= 0.6 is 11.3 Å². The van der Waals surface area contributed by atoms with Crippen LogP contribution < -0.4 is 5.01 Å². The zero-order chi connectivity index (χ0) is 18.3. The molecule has 4 rings (SSSR count). The number of hydrogen-bond donors (Lipinski definition) is 0. The van der Waals surface area contributed by atoms with Crippen molar-refractivity contribution in [2.24, 2.45) is 16.0 Å². The number of aromatic nitrogens is 1. The van der Waals surface area contributed by atoms with Crippen LogP contribution in [0.2, 0.25) is 0 Å². The van der Waals surface area contributed by atoms with Crippen LogP contribution in [0.15, 0.2) is 34.4 Å². The van der Waals surface area contributed by atoms with E-state index in [1.54, 1.807) is 24.3 Å². The highest BCUT2D eigenvalue weighted by Crippen LogP contribution is 2.35. The second-order valence-corrected chi connectivity index (χ2v) is 7.32. The molecule has 136 valence electrons. The molecule has 1 aliphatic carbocycles. The van der Waals surface area contributed by atoms with E-state index >= 15 is 0 Å². The summed E-state index contributed by atoms with van der Waals surface area (Å²) in [5, 5.41) is 4.46. The first kappa shape index (κ1) is 17.1. The van der Waals surface area contributed by atoms with Crippen LogP contribution in [0, 0.1) is 5.92 Å². The SMILES string of the molecule is O=C1[C@H](C=NC2CCCC2)C(C(F)(F)F)=NN1c1nc2ccccc2s1. The Kier molecular flexibility index (Phi) is 4.26. The second-order valence-electron chi connectivity index (χ2n) is 6.31. The molecule has 0 saturated heterocycles. The van der Waals surface area contributed by atoms with E-state index < -0.39 is 23.7 Å². The third-order valence-corrected chi connectivity index (χ3v) is 5.51. The summed E-state index contributed by atoms with van der Waals surface area (Å²) >= 11 is 1.13. The largest absolute Gasteiger partial charge is 0.432 e. The molecular formula is C17H15F3N4OS. The quantitative estimate of drug-likeness (QED) is 0.750. The Morgan fingerprint density at radius 3 is 2.65 bits per heavy atom. The molecule has 0 N–H and O–H groups in total. The fourth-order valence-corrected chi connectivity index (χ4v) is 4.11. The standard InChI is InChI=1S/C17H15F3N4OS/c18-17(19,20)14-11(9-21-10-5-1-2-6-10)15(25)24(23-14)16-22-12-7-3-4-8-13(12)26-16/h3-4,7-11H,1-2,5-6H2/t11-/m1/s1. The molecule has 9 heteroatoms. The Labute approximate surface area is 151 Å². The van der Waals surface area contributed by atoms with Crippen molar-refractivity contribution in [3.63, 3.8) is 0 Å². The lowest BCUT2D eigenvalue weighted by molar-refractivity contribution is -0.119. The molecule has 0 unspecified atom stereocenters. The van der Waals surface area contributed by atoms with Crippen molar-refractivity contribution in [3.8, 4) is 0 Å². The molecule has 1 aromatic heterocycles. The fourth-order valence-electron chi connectivity index (χ4n) is 3.18. The number of para-hydroxylation sites is 1. The zero-order valence-electron chi connectivity index (χ0n) is 13.6. The van der Waals surface area contributed by atoms with Gasteiger partial charge >= 0.3 is 6.18 Å². The normalized spacial score (nSPS) is 22.1. The summed E-state index contributed by atoms with van der Waals surface area (Å²) in [6, 6.07) is 7.11. The summed E-state index contributed by atoms with van der Waals surface area (Å²) < 4.78 is 40.9. The van der Waals surface area contributed by atoms with Crippen molar-refractivity contribution >= 4 is 44.5 Å². The predicted molar refractivity (Wildman–Crippen MR) is 94.8 cm³/mol. The number of benzene rings is 1. The summed E-state index contributed by atoms with van der Waals surface area (Å²) in [5.74, 6) is -2.28. The van der Waals surface area contributed by atoms with Crippen molar-refractivity contribution < 1.29 is 18.0 Å². The fraction of sp³-hybridized carbons (Fsp3) is 0.412. The molecule has 0 radical (unpaired) electrons. The topological polar surface area (TPSA) is 57.9 Å². The van der Waals surface area contributed by atoms with Crippen LogP contribution in [0.5, 0.6) is 0 Å². The van der Waals surface area contributed by atoms with Gasteiger partial charge in [0.2, 0.25) is 5.13 Å². The molecular weight excluding hydrogens is 365 g/mol. The molecule has 0 bridgehead atoms. The zero-order valence-corrected chi connectivity index (χ0v) is 14.4. The number of aliphatic imine (C=N–C) groups is 1. The van der Waals surface area contributed by atoms with E-state index in [0.29, 0.717) is 5.52 Å². The van der Waals surface area contributed by atoms with E-state index in [1.165, 1.54) is 0 Å². The van der Waals surface area contributed by atoms with E-state index in [-0.39, 0.29) is 11.2 Å².